The first-order valence-electron chi connectivity index (χ1n) is 8.20. The number of anilines is 1. The van der Waals surface area contributed by atoms with E-state index in [1.807, 2.05) is 38.8 Å². The van der Waals surface area contributed by atoms with Crippen molar-refractivity contribution in [2.24, 2.45) is 0 Å². The molecule has 1 N–H and O–H groups in total. The summed E-state index contributed by atoms with van der Waals surface area (Å²) in [6.07, 6.45) is 0. The van der Waals surface area contributed by atoms with Gasteiger partial charge in [0.1, 0.15) is 12.4 Å². The number of carbonyl (C=O) groups excluding carboxylic acids is 1. The van der Waals surface area contributed by atoms with Gasteiger partial charge in [0, 0.05) is 24.3 Å². The van der Waals surface area contributed by atoms with Gasteiger partial charge in [-0.3, -0.25) is 9.80 Å². The molecule has 1 aromatic carbocycles. The molecular formula is C18H23FN4O. The normalized spacial score (nSPS) is 19.7. The summed E-state index contributed by atoms with van der Waals surface area (Å²) < 4.78 is 12.9. The number of nitrogens with zero attached hydrogens (tertiary/aromatic N) is 3. The minimum atomic E-state index is -0.685. The van der Waals surface area contributed by atoms with Crippen molar-refractivity contribution in [3.8, 4) is 6.07 Å². The molecule has 2 aliphatic heterocycles. The summed E-state index contributed by atoms with van der Waals surface area (Å²) in [4.78, 5) is 14.4. The number of rotatable bonds is 2. The van der Waals surface area contributed by atoms with Crippen LogP contribution in [0.5, 0.6) is 0 Å². The van der Waals surface area contributed by atoms with Crippen LogP contribution in [-0.4, -0.2) is 30.0 Å². The molecule has 2 heterocycles. The predicted octanol–water partition coefficient (Wildman–Crippen LogP) is 2.88. The lowest BCUT2D eigenvalue weighted by Gasteiger charge is -2.39. The van der Waals surface area contributed by atoms with Gasteiger partial charge in [-0.2, -0.15) is 5.26 Å². The Morgan fingerprint density at radius 1 is 1.42 bits per heavy atom. The summed E-state index contributed by atoms with van der Waals surface area (Å²) in [7, 11) is 0. The minimum absolute atomic E-state index is 0.0857. The Labute approximate surface area is 142 Å². The van der Waals surface area contributed by atoms with Gasteiger partial charge in [-0.25, -0.2) is 9.82 Å². The van der Waals surface area contributed by atoms with E-state index in [1.54, 1.807) is 23.1 Å². The average molecular weight is 330 g/mol. The van der Waals surface area contributed by atoms with Gasteiger partial charge in [0.15, 0.2) is 0 Å². The van der Waals surface area contributed by atoms with Crippen LogP contribution in [0, 0.1) is 11.3 Å². The first-order valence-corrected chi connectivity index (χ1v) is 8.20. The van der Waals surface area contributed by atoms with Gasteiger partial charge < -0.3 is 4.90 Å². The molecule has 1 fully saturated rings. The summed E-state index contributed by atoms with van der Waals surface area (Å²) in [6.45, 7) is 8.47. The molecule has 5 nitrogen and oxygen atoms in total. The number of carbonyl (C=O) groups is 1. The number of fused-ring (bicyclic) bond motifs is 1. The van der Waals surface area contributed by atoms with E-state index in [0.29, 0.717) is 30.0 Å². The maximum atomic E-state index is 12.9. The van der Waals surface area contributed by atoms with Crippen molar-refractivity contribution in [2.75, 3.05) is 18.0 Å². The molecule has 1 amide bonds. The third-order valence-electron chi connectivity index (χ3n) is 4.16. The number of hydrogen-bond donors (Lipinski definition) is 1. The molecule has 0 aromatic heterocycles. The number of alkyl halides is 1. The quantitative estimate of drug-likeness (QED) is 0.906. The molecule has 1 atom stereocenters. The topological polar surface area (TPSA) is 59.4 Å². The van der Waals surface area contributed by atoms with Crippen LogP contribution in [-0.2, 0) is 11.5 Å². The molecule has 2 aliphatic rings. The van der Waals surface area contributed by atoms with E-state index in [0.717, 1.165) is 5.57 Å². The van der Waals surface area contributed by atoms with Crippen LogP contribution < -0.4 is 10.3 Å². The largest absolute Gasteiger partial charge is 0.305 e. The fourth-order valence-corrected chi connectivity index (χ4v) is 2.97. The number of hydrogen-bond acceptors (Lipinski definition) is 4. The second-order valence-corrected chi connectivity index (χ2v) is 5.69. The molecule has 0 radical (unpaired) electrons. The van der Waals surface area contributed by atoms with Gasteiger partial charge in [0.25, 0.3) is 5.91 Å². The van der Waals surface area contributed by atoms with E-state index in [4.69, 9.17) is 5.26 Å². The highest BCUT2D eigenvalue weighted by atomic mass is 19.1. The molecule has 0 spiro atoms. The van der Waals surface area contributed by atoms with Crippen molar-refractivity contribution >= 4 is 11.6 Å². The average Bonchev–Trinajstić information content (AvgIpc) is 3.02. The second-order valence-electron chi connectivity index (χ2n) is 5.69. The molecule has 1 saturated heterocycles. The molecule has 0 saturated carbocycles. The van der Waals surface area contributed by atoms with Crippen LogP contribution in [0.15, 0.2) is 29.5 Å². The molecular weight excluding hydrogens is 307 g/mol. The fraction of sp³-hybridized carbons (Fsp3) is 0.444. The van der Waals surface area contributed by atoms with E-state index in [9.17, 15) is 9.18 Å². The Morgan fingerprint density at radius 2 is 2.12 bits per heavy atom. The lowest BCUT2D eigenvalue weighted by molar-refractivity contribution is -0.118. The molecule has 0 bridgehead atoms. The monoisotopic (exact) mass is 330 g/mol. The highest BCUT2D eigenvalue weighted by Crippen LogP contribution is 2.30. The van der Waals surface area contributed by atoms with Gasteiger partial charge >= 0.3 is 0 Å². The third-order valence-corrected chi connectivity index (χ3v) is 4.16. The van der Waals surface area contributed by atoms with Crippen LogP contribution in [0.25, 0.3) is 0 Å². The number of halogens is 1. The van der Waals surface area contributed by atoms with Crippen LogP contribution in [0.3, 0.4) is 0 Å². The number of piperazine rings is 1. The molecule has 1 unspecified atom stereocenters. The maximum Gasteiger partial charge on any atom is 0.276 e. The van der Waals surface area contributed by atoms with Crippen molar-refractivity contribution in [3.63, 3.8) is 0 Å². The minimum Gasteiger partial charge on any atom is -0.305 e. The lowest BCUT2D eigenvalue weighted by Crippen LogP contribution is -2.55. The standard InChI is InChI=1S/C16H17FN4O.C2H6/c1-10-8-19-21-11(2)9-20(16(22)15(10)21)14-4-3-12(6-17)13(5-14)7-18;1-2/h3-5,11,19H,6,8-9H2,1-2H3;1-2H3. The molecule has 24 heavy (non-hydrogen) atoms. The fourth-order valence-electron chi connectivity index (χ4n) is 2.97. The van der Waals surface area contributed by atoms with E-state index in [-0.39, 0.29) is 17.5 Å². The van der Waals surface area contributed by atoms with Gasteiger partial charge in [-0.05, 0) is 31.6 Å². The van der Waals surface area contributed by atoms with Crippen LogP contribution in [0.2, 0.25) is 0 Å². The Kier molecular flexibility index (Phi) is 5.58. The number of benzene rings is 1. The number of amides is 1. The number of nitrogens with one attached hydrogen (secondary N) is 1. The summed E-state index contributed by atoms with van der Waals surface area (Å²) in [5, 5.41) is 11.0. The number of nitriles is 1. The highest BCUT2D eigenvalue weighted by molar-refractivity contribution is 6.07. The molecule has 6 heteroatoms. The van der Waals surface area contributed by atoms with Crippen LogP contribution >= 0.6 is 0 Å². The Hall–Kier alpha value is -2.39. The highest BCUT2D eigenvalue weighted by Gasteiger charge is 2.38. The van der Waals surface area contributed by atoms with E-state index in [1.165, 1.54) is 0 Å². The van der Waals surface area contributed by atoms with Gasteiger partial charge in [-0.15, -0.1) is 0 Å². The zero-order valence-corrected chi connectivity index (χ0v) is 14.6. The third kappa shape index (κ3) is 3.00. The zero-order chi connectivity index (χ0) is 17.9. The summed E-state index contributed by atoms with van der Waals surface area (Å²) in [5.41, 5.74) is 6.15. The van der Waals surface area contributed by atoms with Crippen LogP contribution in [0.4, 0.5) is 10.1 Å². The predicted molar refractivity (Wildman–Crippen MR) is 91.7 cm³/mol. The van der Waals surface area contributed by atoms with Crippen molar-refractivity contribution < 1.29 is 9.18 Å². The molecule has 128 valence electrons. The second kappa shape index (κ2) is 7.45. The van der Waals surface area contributed by atoms with E-state index < -0.39 is 6.67 Å². The van der Waals surface area contributed by atoms with Crippen molar-refractivity contribution in [3.05, 3.63) is 40.6 Å². The Bertz CT molecular complexity index is 707. The van der Waals surface area contributed by atoms with Gasteiger partial charge in [-0.1, -0.05) is 19.9 Å². The van der Waals surface area contributed by atoms with E-state index >= 15 is 0 Å². The first kappa shape index (κ1) is 18.0. The summed E-state index contributed by atoms with van der Waals surface area (Å²) in [6, 6.07) is 6.99. The van der Waals surface area contributed by atoms with Crippen molar-refractivity contribution in [1.82, 2.24) is 10.4 Å². The maximum absolute atomic E-state index is 12.9. The lowest BCUT2D eigenvalue weighted by atomic mass is 10.1. The van der Waals surface area contributed by atoms with E-state index in [2.05, 4.69) is 5.43 Å². The van der Waals surface area contributed by atoms with Crippen molar-refractivity contribution in [1.29, 1.82) is 5.26 Å². The van der Waals surface area contributed by atoms with Crippen LogP contribution in [0.1, 0.15) is 38.8 Å². The smallest absolute Gasteiger partial charge is 0.276 e. The van der Waals surface area contributed by atoms with Gasteiger partial charge in [0.05, 0.1) is 17.7 Å². The molecule has 0 aliphatic carbocycles. The first-order chi connectivity index (χ1) is 11.6. The SMILES string of the molecule is CC.CC1=C2C(=O)N(c3ccc(CF)c(C#N)c3)CC(C)N2NC1. The summed E-state index contributed by atoms with van der Waals surface area (Å²) in [5.74, 6) is -0.0857. The Balaban J connectivity index is 0.00000100. The molecule has 3 rings (SSSR count). The Morgan fingerprint density at radius 3 is 2.75 bits per heavy atom. The van der Waals surface area contributed by atoms with Gasteiger partial charge in [0.2, 0.25) is 0 Å². The molecule has 1 aromatic rings. The van der Waals surface area contributed by atoms with Crippen molar-refractivity contribution in [2.45, 2.75) is 40.4 Å². The number of hydrazine groups is 1. The zero-order valence-electron chi connectivity index (χ0n) is 14.6. The summed E-state index contributed by atoms with van der Waals surface area (Å²) >= 11 is 0.